The fourth-order valence-electron chi connectivity index (χ4n) is 1.63. The van der Waals surface area contributed by atoms with Crippen molar-refractivity contribution in [3.63, 3.8) is 0 Å². The molecule has 0 aliphatic carbocycles. The molecule has 0 spiro atoms. The van der Waals surface area contributed by atoms with Gasteiger partial charge in [0.25, 0.3) is 0 Å². The SMILES string of the molecule is CC(C(=O)O)N(C)S(=O)(=O)c1cccc2c1OCO2. The lowest BCUT2D eigenvalue weighted by molar-refractivity contribution is -0.140. The summed E-state index contributed by atoms with van der Waals surface area (Å²) in [7, 11) is -2.75. The molecule has 0 fully saturated rings. The van der Waals surface area contributed by atoms with E-state index in [1.165, 1.54) is 26.1 Å². The molecular weight excluding hydrogens is 274 g/mol. The number of ether oxygens (including phenoxy) is 2. The molecular formula is C11H13NO6S. The van der Waals surface area contributed by atoms with Crippen molar-refractivity contribution in [1.29, 1.82) is 0 Å². The molecule has 8 heteroatoms. The Balaban J connectivity index is 2.46. The molecule has 0 saturated carbocycles. The lowest BCUT2D eigenvalue weighted by atomic mass is 10.3. The number of benzene rings is 1. The van der Waals surface area contributed by atoms with Crippen LogP contribution in [0.5, 0.6) is 11.5 Å². The van der Waals surface area contributed by atoms with Gasteiger partial charge in [-0.25, -0.2) is 8.42 Å². The first-order valence-electron chi connectivity index (χ1n) is 5.45. The summed E-state index contributed by atoms with van der Waals surface area (Å²) in [5.41, 5.74) is 0. The maximum absolute atomic E-state index is 12.4. The molecule has 1 unspecified atom stereocenters. The number of para-hydroxylation sites is 1. The summed E-state index contributed by atoms with van der Waals surface area (Å²) in [6.45, 7) is 1.24. The first-order chi connectivity index (χ1) is 8.85. The van der Waals surface area contributed by atoms with Crippen LogP contribution >= 0.6 is 0 Å². The predicted molar refractivity (Wildman–Crippen MR) is 64.6 cm³/mol. The number of fused-ring (bicyclic) bond motifs is 1. The average Bonchev–Trinajstić information content (AvgIpc) is 2.84. The van der Waals surface area contributed by atoms with Crippen LogP contribution in [0.1, 0.15) is 6.92 Å². The van der Waals surface area contributed by atoms with Gasteiger partial charge in [-0.05, 0) is 19.1 Å². The van der Waals surface area contributed by atoms with Gasteiger partial charge in [-0.15, -0.1) is 0 Å². The van der Waals surface area contributed by atoms with Crippen LogP contribution in [0.3, 0.4) is 0 Å². The summed E-state index contributed by atoms with van der Waals surface area (Å²) in [6, 6.07) is 3.28. The standard InChI is InChI=1S/C11H13NO6S/c1-7(11(13)14)12(2)19(15,16)9-5-3-4-8-10(9)18-6-17-8/h3-5,7H,6H2,1-2H3,(H,13,14). The second kappa shape index (κ2) is 4.71. The van der Waals surface area contributed by atoms with Gasteiger partial charge >= 0.3 is 5.97 Å². The van der Waals surface area contributed by atoms with E-state index < -0.39 is 22.0 Å². The number of carboxylic acid groups (broad SMARTS) is 1. The van der Waals surface area contributed by atoms with E-state index in [1.54, 1.807) is 6.07 Å². The van der Waals surface area contributed by atoms with E-state index >= 15 is 0 Å². The number of nitrogens with zero attached hydrogens (tertiary/aromatic N) is 1. The van der Waals surface area contributed by atoms with E-state index in [0.717, 1.165) is 4.31 Å². The number of carboxylic acids is 1. The number of carbonyl (C=O) groups is 1. The molecule has 0 radical (unpaired) electrons. The summed E-state index contributed by atoms with van der Waals surface area (Å²) in [4.78, 5) is 10.8. The van der Waals surface area contributed by atoms with Crippen LogP contribution in [0.15, 0.2) is 23.1 Å². The molecule has 7 nitrogen and oxygen atoms in total. The minimum absolute atomic E-state index is 0.0555. The molecule has 1 aliphatic heterocycles. The quantitative estimate of drug-likeness (QED) is 0.867. The molecule has 1 aromatic rings. The number of sulfonamides is 1. The smallest absolute Gasteiger partial charge is 0.321 e. The third-order valence-corrected chi connectivity index (χ3v) is 4.87. The lowest BCUT2D eigenvalue weighted by Crippen LogP contribution is -2.40. The first kappa shape index (κ1) is 13.6. The van der Waals surface area contributed by atoms with Crippen molar-refractivity contribution in [1.82, 2.24) is 4.31 Å². The number of likely N-dealkylation sites (N-methyl/N-ethyl adjacent to an activating group) is 1. The Labute approximate surface area is 110 Å². The third kappa shape index (κ3) is 2.24. The van der Waals surface area contributed by atoms with Gasteiger partial charge in [0, 0.05) is 7.05 Å². The van der Waals surface area contributed by atoms with Crippen LogP contribution in [-0.4, -0.2) is 43.7 Å². The molecule has 0 saturated heterocycles. The number of hydrogen-bond acceptors (Lipinski definition) is 5. The Morgan fingerprint density at radius 1 is 1.42 bits per heavy atom. The van der Waals surface area contributed by atoms with Crippen molar-refractivity contribution >= 4 is 16.0 Å². The Hall–Kier alpha value is -1.80. The zero-order chi connectivity index (χ0) is 14.2. The van der Waals surface area contributed by atoms with Crippen LogP contribution in [-0.2, 0) is 14.8 Å². The van der Waals surface area contributed by atoms with E-state index in [1.807, 2.05) is 0 Å². The molecule has 19 heavy (non-hydrogen) atoms. The molecule has 0 amide bonds. The van der Waals surface area contributed by atoms with Gasteiger partial charge in [0.05, 0.1) is 0 Å². The number of rotatable bonds is 4. The zero-order valence-electron chi connectivity index (χ0n) is 10.4. The molecule has 1 atom stereocenters. The van der Waals surface area contributed by atoms with Gasteiger partial charge < -0.3 is 14.6 Å². The Bertz CT molecular complexity index is 612. The van der Waals surface area contributed by atoms with Crippen molar-refractivity contribution in [2.24, 2.45) is 0 Å². The summed E-state index contributed by atoms with van der Waals surface area (Å²) >= 11 is 0. The van der Waals surface area contributed by atoms with E-state index in [9.17, 15) is 13.2 Å². The Kier molecular flexibility index (Phi) is 3.38. The minimum atomic E-state index is -3.96. The van der Waals surface area contributed by atoms with Gasteiger partial charge in [0.15, 0.2) is 11.5 Å². The third-order valence-electron chi connectivity index (χ3n) is 2.92. The highest BCUT2D eigenvalue weighted by Gasteiger charge is 2.34. The van der Waals surface area contributed by atoms with Crippen molar-refractivity contribution in [2.75, 3.05) is 13.8 Å². The topological polar surface area (TPSA) is 93.1 Å². The second-order valence-electron chi connectivity index (χ2n) is 4.03. The van der Waals surface area contributed by atoms with Crippen molar-refractivity contribution in [3.8, 4) is 11.5 Å². The van der Waals surface area contributed by atoms with Crippen LogP contribution in [0.4, 0.5) is 0 Å². The molecule has 1 aliphatic rings. The minimum Gasteiger partial charge on any atom is -0.480 e. The van der Waals surface area contributed by atoms with Crippen LogP contribution in [0.2, 0.25) is 0 Å². The number of hydrogen-bond donors (Lipinski definition) is 1. The molecule has 1 N–H and O–H groups in total. The maximum atomic E-state index is 12.4. The van der Waals surface area contributed by atoms with Crippen LogP contribution in [0, 0.1) is 0 Å². The van der Waals surface area contributed by atoms with Crippen LogP contribution in [0.25, 0.3) is 0 Å². The largest absolute Gasteiger partial charge is 0.480 e. The van der Waals surface area contributed by atoms with Gasteiger partial charge in [-0.1, -0.05) is 6.07 Å². The maximum Gasteiger partial charge on any atom is 0.321 e. The second-order valence-corrected chi connectivity index (χ2v) is 5.99. The molecule has 1 heterocycles. The first-order valence-corrected chi connectivity index (χ1v) is 6.89. The van der Waals surface area contributed by atoms with Gasteiger partial charge in [0.2, 0.25) is 16.8 Å². The van der Waals surface area contributed by atoms with Crippen LogP contribution < -0.4 is 9.47 Å². The Morgan fingerprint density at radius 3 is 2.74 bits per heavy atom. The van der Waals surface area contributed by atoms with E-state index in [2.05, 4.69) is 0 Å². The fraction of sp³-hybridized carbons (Fsp3) is 0.364. The summed E-state index contributed by atoms with van der Waals surface area (Å²) in [5, 5.41) is 8.89. The highest BCUT2D eigenvalue weighted by Crippen LogP contribution is 2.39. The summed E-state index contributed by atoms with van der Waals surface area (Å²) < 4.78 is 35.7. The summed E-state index contributed by atoms with van der Waals surface area (Å²) in [5.74, 6) is -0.778. The Morgan fingerprint density at radius 2 is 2.11 bits per heavy atom. The molecule has 0 aromatic heterocycles. The molecule has 2 rings (SSSR count). The number of aliphatic carboxylic acids is 1. The van der Waals surface area contributed by atoms with Crippen molar-refractivity contribution in [2.45, 2.75) is 17.9 Å². The van der Waals surface area contributed by atoms with Crippen molar-refractivity contribution in [3.05, 3.63) is 18.2 Å². The monoisotopic (exact) mass is 287 g/mol. The zero-order valence-corrected chi connectivity index (χ0v) is 11.2. The fourth-order valence-corrected chi connectivity index (χ4v) is 3.09. The molecule has 1 aromatic carbocycles. The molecule has 0 bridgehead atoms. The summed E-state index contributed by atoms with van der Waals surface area (Å²) in [6.07, 6.45) is 0. The lowest BCUT2D eigenvalue weighted by Gasteiger charge is -2.21. The molecule has 104 valence electrons. The van der Waals surface area contributed by atoms with E-state index in [-0.39, 0.29) is 17.4 Å². The van der Waals surface area contributed by atoms with Gasteiger partial charge in [-0.3, -0.25) is 4.79 Å². The van der Waals surface area contributed by atoms with E-state index in [0.29, 0.717) is 5.75 Å². The van der Waals surface area contributed by atoms with Gasteiger partial charge in [-0.2, -0.15) is 4.31 Å². The van der Waals surface area contributed by atoms with Crippen molar-refractivity contribution < 1.29 is 27.8 Å². The highest BCUT2D eigenvalue weighted by molar-refractivity contribution is 7.89. The van der Waals surface area contributed by atoms with Gasteiger partial charge in [0.1, 0.15) is 10.9 Å². The highest BCUT2D eigenvalue weighted by atomic mass is 32.2. The normalized spacial score (nSPS) is 15.5. The van der Waals surface area contributed by atoms with E-state index in [4.69, 9.17) is 14.6 Å². The predicted octanol–water partition coefficient (Wildman–Crippen LogP) is 0.509. The average molecular weight is 287 g/mol.